The Labute approximate surface area is 103 Å². The summed E-state index contributed by atoms with van der Waals surface area (Å²) in [5.74, 6) is 1.37. The number of nitrogens with zero attached hydrogens (tertiary/aromatic N) is 1. The second kappa shape index (κ2) is 4.97. The van der Waals surface area contributed by atoms with Crippen molar-refractivity contribution in [3.05, 3.63) is 28.6 Å². The zero-order chi connectivity index (χ0) is 11.5. The molecule has 0 amide bonds. The highest BCUT2D eigenvalue weighted by atomic mass is 79.9. The maximum atomic E-state index is 5.66. The Kier molecular flexibility index (Phi) is 3.61. The highest BCUT2D eigenvalue weighted by Crippen LogP contribution is 2.24. The first kappa shape index (κ1) is 11.6. The first-order valence-corrected chi connectivity index (χ1v) is 6.21. The number of benzene rings is 1. The maximum Gasteiger partial charge on any atom is 0.209 e. The van der Waals surface area contributed by atoms with Crippen molar-refractivity contribution >= 4 is 27.0 Å². The smallest absolute Gasteiger partial charge is 0.209 e. The lowest BCUT2D eigenvalue weighted by molar-refractivity contribution is 0.471. The second-order valence-electron chi connectivity index (χ2n) is 4.22. The Morgan fingerprint density at radius 3 is 2.94 bits per heavy atom. The topological polar surface area (TPSA) is 38.1 Å². The monoisotopic (exact) mass is 282 g/mol. The van der Waals surface area contributed by atoms with Gasteiger partial charge in [0.25, 0.3) is 0 Å². The molecule has 16 heavy (non-hydrogen) atoms. The van der Waals surface area contributed by atoms with Crippen molar-refractivity contribution in [3.63, 3.8) is 0 Å². The van der Waals surface area contributed by atoms with E-state index in [9.17, 15) is 0 Å². The molecule has 0 unspecified atom stereocenters. The fraction of sp³-hybridized carbons (Fsp3) is 0.417. The Balaban J connectivity index is 2.11. The van der Waals surface area contributed by atoms with E-state index >= 15 is 0 Å². The van der Waals surface area contributed by atoms with Crippen molar-refractivity contribution in [1.29, 1.82) is 0 Å². The van der Waals surface area contributed by atoms with Crippen molar-refractivity contribution in [2.45, 2.75) is 20.4 Å². The molecule has 1 N–H and O–H groups in total. The lowest BCUT2D eigenvalue weighted by Gasteiger charge is -2.03. The molecule has 0 saturated heterocycles. The number of oxazole rings is 1. The first-order chi connectivity index (χ1) is 7.66. The molecule has 0 aliphatic carbocycles. The number of rotatable bonds is 4. The van der Waals surface area contributed by atoms with Gasteiger partial charge in [-0.15, -0.1) is 0 Å². The molecular formula is C12H15BrN2O. The SMILES string of the molecule is CC(C)CNCc1nc2cccc(Br)c2o1. The van der Waals surface area contributed by atoms with E-state index < -0.39 is 0 Å². The number of nitrogens with one attached hydrogen (secondary N) is 1. The van der Waals surface area contributed by atoms with E-state index in [2.05, 4.69) is 40.1 Å². The van der Waals surface area contributed by atoms with E-state index in [4.69, 9.17) is 4.42 Å². The molecule has 1 heterocycles. The number of para-hydroxylation sites is 1. The van der Waals surface area contributed by atoms with Crippen LogP contribution in [-0.2, 0) is 6.54 Å². The summed E-state index contributed by atoms with van der Waals surface area (Å²) in [5, 5.41) is 3.31. The molecule has 86 valence electrons. The summed E-state index contributed by atoms with van der Waals surface area (Å²) in [6, 6.07) is 5.87. The van der Waals surface area contributed by atoms with Gasteiger partial charge in [0.1, 0.15) is 5.52 Å². The normalized spacial score (nSPS) is 11.5. The van der Waals surface area contributed by atoms with Gasteiger partial charge in [-0.3, -0.25) is 0 Å². The van der Waals surface area contributed by atoms with Crippen LogP contribution in [-0.4, -0.2) is 11.5 Å². The molecule has 2 rings (SSSR count). The molecule has 0 fully saturated rings. The van der Waals surface area contributed by atoms with E-state index in [-0.39, 0.29) is 0 Å². The van der Waals surface area contributed by atoms with E-state index in [1.165, 1.54) is 0 Å². The minimum absolute atomic E-state index is 0.635. The van der Waals surface area contributed by atoms with Gasteiger partial charge in [-0.05, 0) is 40.5 Å². The molecule has 4 heteroatoms. The molecular weight excluding hydrogens is 268 g/mol. The summed E-state index contributed by atoms with van der Waals surface area (Å²) in [7, 11) is 0. The molecule has 1 aromatic carbocycles. The van der Waals surface area contributed by atoms with Crippen molar-refractivity contribution in [3.8, 4) is 0 Å². The summed E-state index contributed by atoms with van der Waals surface area (Å²) >= 11 is 3.45. The standard InChI is InChI=1S/C12H15BrN2O/c1-8(2)6-14-7-11-15-10-5-3-4-9(13)12(10)16-11/h3-5,8,14H,6-7H2,1-2H3. The Morgan fingerprint density at radius 1 is 1.44 bits per heavy atom. The van der Waals surface area contributed by atoms with Gasteiger partial charge in [-0.2, -0.15) is 0 Å². The lowest BCUT2D eigenvalue weighted by atomic mass is 10.2. The maximum absolute atomic E-state index is 5.66. The van der Waals surface area contributed by atoms with E-state index in [1.54, 1.807) is 0 Å². The summed E-state index contributed by atoms with van der Waals surface area (Å²) in [6.07, 6.45) is 0. The number of hydrogen-bond acceptors (Lipinski definition) is 3. The number of halogens is 1. The first-order valence-electron chi connectivity index (χ1n) is 5.41. The van der Waals surface area contributed by atoms with Crippen molar-refractivity contribution in [1.82, 2.24) is 10.3 Å². The number of fused-ring (bicyclic) bond motifs is 1. The molecule has 0 aliphatic rings. The third kappa shape index (κ3) is 2.62. The molecule has 0 saturated carbocycles. The number of aromatic nitrogens is 1. The fourth-order valence-electron chi connectivity index (χ4n) is 1.50. The Bertz CT molecular complexity index is 479. The van der Waals surface area contributed by atoms with Crippen molar-refractivity contribution in [2.75, 3.05) is 6.54 Å². The van der Waals surface area contributed by atoms with Crippen LogP contribution in [0.3, 0.4) is 0 Å². The van der Waals surface area contributed by atoms with Crippen LogP contribution in [0.15, 0.2) is 27.1 Å². The molecule has 0 atom stereocenters. The van der Waals surface area contributed by atoms with Gasteiger partial charge >= 0.3 is 0 Å². The largest absolute Gasteiger partial charge is 0.438 e. The Hall–Kier alpha value is -0.870. The van der Waals surface area contributed by atoms with E-state index in [1.807, 2.05) is 18.2 Å². The number of hydrogen-bond donors (Lipinski definition) is 1. The predicted octanol–water partition coefficient (Wildman–Crippen LogP) is 3.34. The lowest BCUT2D eigenvalue weighted by Crippen LogP contribution is -2.19. The summed E-state index contributed by atoms with van der Waals surface area (Å²) in [4.78, 5) is 4.41. The van der Waals surface area contributed by atoms with Gasteiger partial charge < -0.3 is 9.73 Å². The summed E-state index contributed by atoms with van der Waals surface area (Å²) in [5.41, 5.74) is 1.72. The summed E-state index contributed by atoms with van der Waals surface area (Å²) < 4.78 is 6.61. The van der Waals surface area contributed by atoms with Crippen LogP contribution in [0, 0.1) is 5.92 Å². The van der Waals surface area contributed by atoms with Crippen LogP contribution in [0.5, 0.6) is 0 Å². The fourth-order valence-corrected chi connectivity index (χ4v) is 1.94. The quantitative estimate of drug-likeness (QED) is 0.935. The van der Waals surface area contributed by atoms with Gasteiger partial charge in [0, 0.05) is 0 Å². The van der Waals surface area contributed by atoms with Crippen LogP contribution < -0.4 is 5.32 Å². The zero-order valence-corrected chi connectivity index (χ0v) is 11.0. The second-order valence-corrected chi connectivity index (χ2v) is 5.07. The summed E-state index contributed by atoms with van der Waals surface area (Å²) in [6.45, 7) is 6.00. The van der Waals surface area contributed by atoms with Gasteiger partial charge in [0.05, 0.1) is 11.0 Å². The zero-order valence-electron chi connectivity index (χ0n) is 9.46. The molecule has 2 aromatic rings. The predicted molar refractivity (Wildman–Crippen MR) is 68.3 cm³/mol. The van der Waals surface area contributed by atoms with Gasteiger partial charge in [0.2, 0.25) is 5.89 Å². The van der Waals surface area contributed by atoms with Crippen LogP contribution in [0.25, 0.3) is 11.1 Å². The van der Waals surface area contributed by atoms with E-state index in [0.29, 0.717) is 12.5 Å². The minimum Gasteiger partial charge on any atom is -0.438 e. The van der Waals surface area contributed by atoms with Crippen molar-refractivity contribution < 1.29 is 4.42 Å². The average molecular weight is 283 g/mol. The molecule has 0 radical (unpaired) electrons. The molecule has 1 aromatic heterocycles. The van der Waals surface area contributed by atoms with Crippen molar-refractivity contribution in [2.24, 2.45) is 5.92 Å². The Morgan fingerprint density at radius 2 is 2.25 bits per heavy atom. The van der Waals surface area contributed by atoms with Gasteiger partial charge in [0.15, 0.2) is 5.58 Å². The van der Waals surface area contributed by atoms with Crippen LogP contribution in [0.2, 0.25) is 0 Å². The molecule has 0 spiro atoms. The molecule has 0 bridgehead atoms. The minimum atomic E-state index is 0.635. The third-order valence-electron chi connectivity index (χ3n) is 2.24. The molecule has 3 nitrogen and oxygen atoms in total. The third-order valence-corrected chi connectivity index (χ3v) is 2.86. The van der Waals surface area contributed by atoms with Crippen LogP contribution in [0.1, 0.15) is 19.7 Å². The van der Waals surface area contributed by atoms with Gasteiger partial charge in [-0.25, -0.2) is 4.98 Å². The molecule has 0 aliphatic heterocycles. The van der Waals surface area contributed by atoms with E-state index in [0.717, 1.165) is 28.0 Å². The van der Waals surface area contributed by atoms with Crippen LogP contribution >= 0.6 is 15.9 Å². The highest BCUT2D eigenvalue weighted by Gasteiger charge is 2.07. The highest BCUT2D eigenvalue weighted by molar-refractivity contribution is 9.10. The van der Waals surface area contributed by atoms with Crippen LogP contribution in [0.4, 0.5) is 0 Å². The average Bonchev–Trinajstić information content (AvgIpc) is 2.61. The van der Waals surface area contributed by atoms with Gasteiger partial charge in [-0.1, -0.05) is 19.9 Å².